The van der Waals surface area contributed by atoms with Crippen molar-refractivity contribution in [3.05, 3.63) is 24.4 Å². The van der Waals surface area contributed by atoms with Crippen LogP contribution in [0.2, 0.25) is 0 Å². The normalized spacial score (nSPS) is 9.20. The molecule has 1 aromatic rings. The number of nitrogen functional groups attached to an aromatic ring is 1. The van der Waals surface area contributed by atoms with Crippen LogP contribution in [0.4, 0.5) is 5.82 Å². The molecule has 52 valence electrons. The highest BCUT2D eigenvalue weighted by Gasteiger charge is 1.99. The second-order valence-corrected chi connectivity index (χ2v) is 1.84. The molecule has 0 saturated carbocycles. The van der Waals surface area contributed by atoms with E-state index >= 15 is 0 Å². The highest BCUT2D eigenvalue weighted by Crippen LogP contribution is 2.22. The molecule has 0 fully saturated rings. The van der Waals surface area contributed by atoms with E-state index in [1.165, 1.54) is 12.3 Å². The Hall–Kier alpha value is -1.51. The first-order chi connectivity index (χ1) is 4.75. The van der Waals surface area contributed by atoms with Crippen molar-refractivity contribution in [2.45, 2.75) is 0 Å². The molecule has 0 atom stereocenters. The third-order valence-electron chi connectivity index (χ3n) is 1.20. The van der Waals surface area contributed by atoms with Crippen LogP contribution in [0, 0.1) is 0 Å². The van der Waals surface area contributed by atoms with Crippen molar-refractivity contribution >= 4 is 11.9 Å². The molecule has 0 amide bonds. The maximum absolute atomic E-state index is 9.14. The summed E-state index contributed by atoms with van der Waals surface area (Å²) in [7, 11) is 0. The molecular formula is C7H8N2O. The highest BCUT2D eigenvalue weighted by atomic mass is 16.3. The van der Waals surface area contributed by atoms with Crippen molar-refractivity contribution in [2.24, 2.45) is 0 Å². The van der Waals surface area contributed by atoms with Crippen LogP contribution >= 0.6 is 0 Å². The van der Waals surface area contributed by atoms with Crippen LogP contribution in [0.25, 0.3) is 6.08 Å². The molecule has 10 heavy (non-hydrogen) atoms. The standard InChI is InChI=1S/C7H8N2O/c1-2-5-3-4-9-7(8)6(5)10/h2-4,10H,1H2,(H2,8,9). The van der Waals surface area contributed by atoms with Crippen LogP contribution < -0.4 is 5.73 Å². The fourth-order valence-electron chi connectivity index (χ4n) is 0.651. The van der Waals surface area contributed by atoms with E-state index in [9.17, 15) is 0 Å². The summed E-state index contributed by atoms with van der Waals surface area (Å²) in [5.41, 5.74) is 5.89. The number of pyridine rings is 1. The Labute approximate surface area is 58.8 Å². The Morgan fingerprint density at radius 1 is 1.70 bits per heavy atom. The average molecular weight is 136 g/mol. The van der Waals surface area contributed by atoms with Crippen LogP contribution in [0.3, 0.4) is 0 Å². The minimum Gasteiger partial charge on any atom is -0.504 e. The zero-order chi connectivity index (χ0) is 7.56. The van der Waals surface area contributed by atoms with Crippen molar-refractivity contribution < 1.29 is 5.11 Å². The number of nitrogens with two attached hydrogens (primary N) is 1. The SMILES string of the molecule is C=Cc1ccnc(N)c1O. The Morgan fingerprint density at radius 2 is 2.40 bits per heavy atom. The molecule has 0 aliphatic carbocycles. The topological polar surface area (TPSA) is 59.1 Å². The monoisotopic (exact) mass is 136 g/mol. The second-order valence-electron chi connectivity index (χ2n) is 1.84. The van der Waals surface area contributed by atoms with E-state index in [4.69, 9.17) is 10.8 Å². The van der Waals surface area contributed by atoms with Gasteiger partial charge in [-0.1, -0.05) is 12.7 Å². The number of nitrogens with zero attached hydrogens (tertiary/aromatic N) is 1. The number of hydrogen-bond acceptors (Lipinski definition) is 3. The number of rotatable bonds is 1. The zero-order valence-corrected chi connectivity index (χ0v) is 5.41. The molecule has 0 unspecified atom stereocenters. The fraction of sp³-hybridized carbons (Fsp3) is 0. The summed E-state index contributed by atoms with van der Waals surface area (Å²) in [5.74, 6) is 0.134. The maximum atomic E-state index is 9.14. The molecule has 0 radical (unpaired) electrons. The molecule has 0 bridgehead atoms. The maximum Gasteiger partial charge on any atom is 0.166 e. The largest absolute Gasteiger partial charge is 0.504 e. The third-order valence-corrected chi connectivity index (χ3v) is 1.20. The molecule has 0 aromatic carbocycles. The third kappa shape index (κ3) is 0.932. The Balaban J connectivity index is 3.27. The van der Waals surface area contributed by atoms with Gasteiger partial charge in [0.15, 0.2) is 11.6 Å². The van der Waals surface area contributed by atoms with Gasteiger partial charge in [0.25, 0.3) is 0 Å². The zero-order valence-electron chi connectivity index (χ0n) is 5.41. The summed E-state index contributed by atoms with van der Waals surface area (Å²) < 4.78 is 0. The van der Waals surface area contributed by atoms with Crippen LogP contribution in [-0.2, 0) is 0 Å². The number of aromatic hydroxyl groups is 1. The van der Waals surface area contributed by atoms with Crippen molar-refractivity contribution in [1.29, 1.82) is 0 Å². The second kappa shape index (κ2) is 2.39. The van der Waals surface area contributed by atoms with E-state index < -0.39 is 0 Å². The molecule has 0 aliphatic heterocycles. The summed E-state index contributed by atoms with van der Waals surface area (Å²) in [6.45, 7) is 3.49. The van der Waals surface area contributed by atoms with Gasteiger partial charge in [-0.05, 0) is 6.07 Å². The van der Waals surface area contributed by atoms with E-state index in [1.54, 1.807) is 6.07 Å². The van der Waals surface area contributed by atoms with Gasteiger partial charge in [-0.15, -0.1) is 0 Å². The van der Waals surface area contributed by atoms with Gasteiger partial charge in [0.05, 0.1) is 0 Å². The molecule has 3 nitrogen and oxygen atoms in total. The minimum absolute atomic E-state index is 0.00231. The lowest BCUT2D eigenvalue weighted by molar-refractivity contribution is 0.474. The summed E-state index contributed by atoms with van der Waals surface area (Å²) in [6, 6.07) is 1.64. The number of aromatic nitrogens is 1. The van der Waals surface area contributed by atoms with Crippen molar-refractivity contribution in [3.8, 4) is 5.75 Å². The van der Waals surface area contributed by atoms with E-state index in [0.29, 0.717) is 5.56 Å². The van der Waals surface area contributed by atoms with Gasteiger partial charge in [-0.3, -0.25) is 0 Å². The predicted molar refractivity (Wildman–Crippen MR) is 40.4 cm³/mol. The Morgan fingerprint density at radius 3 is 2.90 bits per heavy atom. The molecule has 1 aromatic heterocycles. The van der Waals surface area contributed by atoms with Crippen LogP contribution in [0.1, 0.15) is 5.56 Å². The quantitative estimate of drug-likeness (QED) is 0.605. The van der Waals surface area contributed by atoms with Gasteiger partial charge >= 0.3 is 0 Å². The average Bonchev–Trinajstić information content (AvgIpc) is 1.95. The molecular weight excluding hydrogens is 128 g/mol. The highest BCUT2D eigenvalue weighted by molar-refractivity contribution is 5.62. The summed E-state index contributed by atoms with van der Waals surface area (Å²) in [4.78, 5) is 3.67. The van der Waals surface area contributed by atoms with Gasteiger partial charge in [0.2, 0.25) is 0 Å². The number of hydrogen-bond donors (Lipinski definition) is 2. The molecule has 0 spiro atoms. The van der Waals surface area contributed by atoms with Gasteiger partial charge in [-0.2, -0.15) is 0 Å². The van der Waals surface area contributed by atoms with E-state index in [1.807, 2.05) is 0 Å². The summed E-state index contributed by atoms with van der Waals surface area (Å²) in [5, 5.41) is 9.14. The fourth-order valence-corrected chi connectivity index (χ4v) is 0.651. The van der Waals surface area contributed by atoms with Gasteiger partial charge in [0, 0.05) is 11.8 Å². The molecule has 1 rings (SSSR count). The first-order valence-corrected chi connectivity index (χ1v) is 2.81. The molecule has 0 saturated heterocycles. The lowest BCUT2D eigenvalue weighted by atomic mass is 10.2. The van der Waals surface area contributed by atoms with E-state index in [-0.39, 0.29) is 11.6 Å². The van der Waals surface area contributed by atoms with E-state index in [0.717, 1.165) is 0 Å². The van der Waals surface area contributed by atoms with Crippen molar-refractivity contribution in [2.75, 3.05) is 5.73 Å². The molecule has 3 heteroatoms. The molecule has 1 heterocycles. The first-order valence-electron chi connectivity index (χ1n) is 2.81. The summed E-state index contributed by atoms with van der Waals surface area (Å²) >= 11 is 0. The first kappa shape index (κ1) is 6.61. The van der Waals surface area contributed by atoms with Crippen LogP contribution in [0.5, 0.6) is 5.75 Å². The van der Waals surface area contributed by atoms with Crippen LogP contribution in [0.15, 0.2) is 18.8 Å². The lowest BCUT2D eigenvalue weighted by Crippen LogP contribution is -1.90. The van der Waals surface area contributed by atoms with Crippen LogP contribution in [-0.4, -0.2) is 10.1 Å². The van der Waals surface area contributed by atoms with E-state index in [2.05, 4.69) is 11.6 Å². The molecule has 3 N–H and O–H groups in total. The van der Waals surface area contributed by atoms with Crippen molar-refractivity contribution in [1.82, 2.24) is 4.98 Å². The Kier molecular flexibility index (Phi) is 1.58. The Bertz CT molecular complexity index is 258. The van der Waals surface area contributed by atoms with Gasteiger partial charge < -0.3 is 10.8 Å². The number of anilines is 1. The van der Waals surface area contributed by atoms with Gasteiger partial charge in [-0.25, -0.2) is 4.98 Å². The molecule has 0 aliphatic rings. The lowest BCUT2D eigenvalue weighted by Gasteiger charge is -1.98. The minimum atomic E-state index is -0.00231. The van der Waals surface area contributed by atoms with Gasteiger partial charge in [0.1, 0.15) is 0 Å². The predicted octanol–water partition coefficient (Wildman–Crippen LogP) is 1.01. The smallest absolute Gasteiger partial charge is 0.166 e. The van der Waals surface area contributed by atoms with Crippen molar-refractivity contribution in [3.63, 3.8) is 0 Å². The summed E-state index contributed by atoms with van der Waals surface area (Å²) in [6.07, 6.45) is 3.04.